The maximum absolute atomic E-state index is 9.91. The average Bonchev–Trinajstić information content (AvgIpc) is 2.76. The molecule has 3 heteroatoms. The van der Waals surface area contributed by atoms with Gasteiger partial charge in [0.05, 0.1) is 0 Å². The standard InChI is InChI=1S/C15H22N2O/c1-11-4-5-15(18)13(7-11)9-17-8-12-3-2-6-16-14(12)10-17/h4-5,7,12,14,16,18H,2-3,6,8-10H2,1H3. The molecule has 2 aliphatic heterocycles. The minimum atomic E-state index is 0.434. The van der Waals surface area contributed by atoms with Crippen molar-refractivity contribution in [2.45, 2.75) is 32.4 Å². The zero-order valence-electron chi connectivity index (χ0n) is 11.0. The maximum atomic E-state index is 9.91. The van der Waals surface area contributed by atoms with Gasteiger partial charge in [-0.25, -0.2) is 0 Å². The number of nitrogens with zero attached hydrogens (tertiary/aromatic N) is 1. The quantitative estimate of drug-likeness (QED) is 0.836. The highest BCUT2D eigenvalue weighted by Gasteiger charge is 2.34. The van der Waals surface area contributed by atoms with E-state index in [1.165, 1.54) is 31.5 Å². The highest BCUT2D eigenvalue weighted by atomic mass is 16.3. The van der Waals surface area contributed by atoms with E-state index in [0.717, 1.165) is 24.6 Å². The zero-order valence-corrected chi connectivity index (χ0v) is 11.0. The molecule has 2 unspecified atom stereocenters. The van der Waals surface area contributed by atoms with E-state index >= 15 is 0 Å². The van der Waals surface area contributed by atoms with Gasteiger partial charge in [0.25, 0.3) is 0 Å². The summed E-state index contributed by atoms with van der Waals surface area (Å²) in [5, 5.41) is 13.5. The van der Waals surface area contributed by atoms with Gasteiger partial charge in [-0.1, -0.05) is 17.7 Å². The van der Waals surface area contributed by atoms with Crippen LogP contribution in [0.5, 0.6) is 5.75 Å². The molecule has 0 spiro atoms. The lowest BCUT2D eigenvalue weighted by Crippen LogP contribution is -2.40. The Morgan fingerprint density at radius 1 is 1.39 bits per heavy atom. The summed E-state index contributed by atoms with van der Waals surface area (Å²) in [4.78, 5) is 2.47. The van der Waals surface area contributed by atoms with E-state index < -0.39 is 0 Å². The minimum absolute atomic E-state index is 0.434. The lowest BCUT2D eigenvalue weighted by Gasteiger charge is -2.24. The van der Waals surface area contributed by atoms with Crippen LogP contribution >= 0.6 is 0 Å². The Balaban J connectivity index is 1.68. The lowest BCUT2D eigenvalue weighted by atomic mass is 9.94. The molecule has 2 N–H and O–H groups in total. The number of rotatable bonds is 2. The molecular formula is C15H22N2O. The van der Waals surface area contributed by atoms with Gasteiger partial charge in [0.2, 0.25) is 0 Å². The number of hydrogen-bond donors (Lipinski definition) is 2. The van der Waals surface area contributed by atoms with Crippen molar-refractivity contribution in [3.63, 3.8) is 0 Å². The Morgan fingerprint density at radius 2 is 2.28 bits per heavy atom. The predicted molar refractivity (Wildman–Crippen MR) is 72.6 cm³/mol. The van der Waals surface area contributed by atoms with Crippen molar-refractivity contribution in [2.24, 2.45) is 5.92 Å². The van der Waals surface area contributed by atoms with Crippen LogP contribution in [0.15, 0.2) is 18.2 Å². The van der Waals surface area contributed by atoms with E-state index in [2.05, 4.69) is 23.2 Å². The summed E-state index contributed by atoms with van der Waals surface area (Å²) >= 11 is 0. The monoisotopic (exact) mass is 246 g/mol. The van der Waals surface area contributed by atoms with Crippen LogP contribution in [0.25, 0.3) is 0 Å². The van der Waals surface area contributed by atoms with Gasteiger partial charge < -0.3 is 10.4 Å². The van der Waals surface area contributed by atoms with Crippen molar-refractivity contribution in [3.8, 4) is 5.75 Å². The molecule has 0 aromatic heterocycles. The fourth-order valence-corrected chi connectivity index (χ4v) is 3.35. The SMILES string of the molecule is Cc1ccc(O)c(CN2CC3CCCNC3C2)c1. The second kappa shape index (κ2) is 4.90. The highest BCUT2D eigenvalue weighted by Crippen LogP contribution is 2.28. The van der Waals surface area contributed by atoms with E-state index in [1.807, 2.05) is 12.1 Å². The fourth-order valence-electron chi connectivity index (χ4n) is 3.35. The zero-order chi connectivity index (χ0) is 12.5. The summed E-state index contributed by atoms with van der Waals surface area (Å²) < 4.78 is 0. The number of fused-ring (bicyclic) bond motifs is 1. The number of phenols is 1. The van der Waals surface area contributed by atoms with Gasteiger partial charge in [-0.15, -0.1) is 0 Å². The van der Waals surface area contributed by atoms with Gasteiger partial charge in [0.15, 0.2) is 0 Å². The van der Waals surface area contributed by atoms with Gasteiger partial charge >= 0.3 is 0 Å². The van der Waals surface area contributed by atoms with Crippen molar-refractivity contribution in [1.29, 1.82) is 0 Å². The number of nitrogens with one attached hydrogen (secondary N) is 1. The highest BCUT2D eigenvalue weighted by molar-refractivity contribution is 5.35. The smallest absolute Gasteiger partial charge is 0.120 e. The van der Waals surface area contributed by atoms with Crippen LogP contribution < -0.4 is 5.32 Å². The first kappa shape index (κ1) is 12.0. The number of piperidine rings is 1. The fraction of sp³-hybridized carbons (Fsp3) is 0.600. The predicted octanol–water partition coefficient (Wildman–Crippen LogP) is 1.88. The molecule has 0 radical (unpaired) electrons. The molecule has 1 aromatic rings. The molecule has 3 nitrogen and oxygen atoms in total. The van der Waals surface area contributed by atoms with Gasteiger partial charge in [-0.05, 0) is 38.3 Å². The van der Waals surface area contributed by atoms with Crippen LogP contribution in [0.2, 0.25) is 0 Å². The molecular weight excluding hydrogens is 224 g/mol. The summed E-state index contributed by atoms with van der Waals surface area (Å²) in [6, 6.07) is 6.55. The second-order valence-corrected chi connectivity index (χ2v) is 5.79. The van der Waals surface area contributed by atoms with Crippen LogP contribution in [0.3, 0.4) is 0 Å². The number of likely N-dealkylation sites (tertiary alicyclic amines) is 1. The average molecular weight is 246 g/mol. The second-order valence-electron chi connectivity index (χ2n) is 5.79. The first-order valence-corrected chi connectivity index (χ1v) is 6.96. The number of aromatic hydroxyl groups is 1. The number of aryl methyl sites for hydroxylation is 1. The summed E-state index contributed by atoms with van der Waals surface area (Å²) in [6.07, 6.45) is 2.67. The summed E-state index contributed by atoms with van der Waals surface area (Å²) in [7, 11) is 0. The van der Waals surface area contributed by atoms with Gasteiger partial charge in [0, 0.05) is 31.2 Å². The van der Waals surface area contributed by atoms with Gasteiger partial charge in [-0.3, -0.25) is 4.90 Å². The Morgan fingerprint density at radius 3 is 3.11 bits per heavy atom. The van der Waals surface area contributed by atoms with Crippen LogP contribution in [-0.4, -0.2) is 35.7 Å². The Labute approximate surface area is 109 Å². The van der Waals surface area contributed by atoms with E-state index in [9.17, 15) is 5.11 Å². The van der Waals surface area contributed by atoms with Crippen LogP contribution in [-0.2, 0) is 6.54 Å². The molecule has 1 aromatic carbocycles. The molecule has 2 heterocycles. The van der Waals surface area contributed by atoms with Crippen LogP contribution in [0, 0.1) is 12.8 Å². The Kier molecular flexibility index (Phi) is 3.27. The topological polar surface area (TPSA) is 35.5 Å². The summed E-state index contributed by atoms with van der Waals surface area (Å²) in [5.74, 6) is 1.24. The molecule has 98 valence electrons. The van der Waals surface area contributed by atoms with Crippen LogP contribution in [0.4, 0.5) is 0 Å². The molecule has 0 saturated carbocycles. The first-order chi connectivity index (χ1) is 8.72. The number of benzene rings is 1. The normalized spacial score (nSPS) is 28.3. The van der Waals surface area contributed by atoms with Gasteiger partial charge in [-0.2, -0.15) is 0 Å². The van der Waals surface area contributed by atoms with Crippen molar-refractivity contribution in [3.05, 3.63) is 29.3 Å². The summed E-state index contributed by atoms with van der Waals surface area (Å²) in [6.45, 7) is 6.42. The van der Waals surface area contributed by atoms with E-state index in [4.69, 9.17) is 0 Å². The summed E-state index contributed by atoms with van der Waals surface area (Å²) in [5.41, 5.74) is 2.28. The molecule has 2 atom stereocenters. The van der Waals surface area contributed by atoms with Crippen molar-refractivity contribution >= 4 is 0 Å². The lowest BCUT2D eigenvalue weighted by molar-refractivity contribution is 0.307. The number of hydrogen-bond acceptors (Lipinski definition) is 3. The minimum Gasteiger partial charge on any atom is -0.508 e. The maximum Gasteiger partial charge on any atom is 0.120 e. The molecule has 0 aliphatic carbocycles. The van der Waals surface area contributed by atoms with Gasteiger partial charge in [0.1, 0.15) is 5.75 Å². The Bertz CT molecular complexity index is 419. The van der Waals surface area contributed by atoms with E-state index in [-0.39, 0.29) is 0 Å². The third-order valence-corrected chi connectivity index (χ3v) is 4.30. The molecule has 0 bridgehead atoms. The number of phenolic OH excluding ortho intramolecular Hbond substituents is 1. The van der Waals surface area contributed by atoms with Crippen molar-refractivity contribution < 1.29 is 5.11 Å². The van der Waals surface area contributed by atoms with Crippen molar-refractivity contribution in [1.82, 2.24) is 10.2 Å². The Hall–Kier alpha value is -1.06. The van der Waals surface area contributed by atoms with Crippen molar-refractivity contribution in [2.75, 3.05) is 19.6 Å². The van der Waals surface area contributed by atoms with E-state index in [0.29, 0.717) is 11.8 Å². The largest absolute Gasteiger partial charge is 0.508 e. The molecule has 0 amide bonds. The third kappa shape index (κ3) is 2.38. The van der Waals surface area contributed by atoms with Crippen LogP contribution in [0.1, 0.15) is 24.0 Å². The molecule has 2 saturated heterocycles. The molecule has 18 heavy (non-hydrogen) atoms. The third-order valence-electron chi connectivity index (χ3n) is 4.30. The van der Waals surface area contributed by atoms with E-state index in [1.54, 1.807) is 0 Å². The molecule has 2 aliphatic rings. The molecule has 3 rings (SSSR count). The molecule has 2 fully saturated rings. The first-order valence-electron chi connectivity index (χ1n) is 6.96.